The summed E-state index contributed by atoms with van der Waals surface area (Å²) in [5, 5.41) is 6.89. The van der Waals surface area contributed by atoms with Crippen molar-refractivity contribution in [1.82, 2.24) is 14.9 Å². The van der Waals surface area contributed by atoms with Crippen molar-refractivity contribution < 1.29 is 4.79 Å². The maximum absolute atomic E-state index is 12.2. The molecule has 0 saturated heterocycles. The number of nitrogens with two attached hydrogens (primary N) is 1. The number of hydrogen-bond acceptors (Lipinski definition) is 5. The van der Waals surface area contributed by atoms with Gasteiger partial charge in [0.2, 0.25) is 0 Å². The highest BCUT2D eigenvalue weighted by molar-refractivity contribution is 7.80. The van der Waals surface area contributed by atoms with Gasteiger partial charge in [0.25, 0.3) is 5.91 Å². The summed E-state index contributed by atoms with van der Waals surface area (Å²) in [5.74, 6) is -0.177. The van der Waals surface area contributed by atoms with Crippen LogP contribution in [0.25, 0.3) is 0 Å². The number of carbonyl (C=O) groups excluding carboxylic acids is 1. The molecule has 0 aliphatic rings. The summed E-state index contributed by atoms with van der Waals surface area (Å²) in [7, 11) is 0. The number of carbonyl (C=O) groups is 1. The maximum Gasteiger partial charge on any atom is 0.265 e. The van der Waals surface area contributed by atoms with E-state index in [-0.39, 0.29) is 11.3 Å². The molecule has 7 heteroatoms. The van der Waals surface area contributed by atoms with E-state index >= 15 is 0 Å². The average molecular weight is 300 g/mol. The average Bonchev–Trinajstić information content (AvgIpc) is 2.74. The van der Waals surface area contributed by atoms with Crippen molar-refractivity contribution >= 4 is 34.6 Å². The van der Waals surface area contributed by atoms with E-state index in [0.29, 0.717) is 22.1 Å². The zero-order valence-corrected chi connectivity index (χ0v) is 13.5. The minimum absolute atomic E-state index is 0.177. The lowest BCUT2D eigenvalue weighted by Crippen LogP contribution is -2.41. The molecule has 0 saturated carbocycles. The first-order chi connectivity index (χ1) is 8.55. The Balaban J connectivity index is 2.81. The van der Waals surface area contributed by atoms with Crippen molar-refractivity contribution in [3.63, 3.8) is 0 Å². The Morgan fingerprint density at radius 3 is 2.42 bits per heavy atom. The van der Waals surface area contributed by atoms with Crippen LogP contribution in [0.2, 0.25) is 0 Å². The standard InChI is InChI=1S/C12H20N4OS2/c1-11(2,3)8-7(19-16-15-8)9(17)14-6-12(4,5)10(13)18/h6H2,1-5H3,(H2,13,18)(H,14,17). The van der Waals surface area contributed by atoms with Gasteiger partial charge in [-0.3, -0.25) is 4.79 Å². The molecule has 1 amide bonds. The van der Waals surface area contributed by atoms with Crippen LogP contribution in [-0.4, -0.2) is 27.0 Å². The van der Waals surface area contributed by atoms with Gasteiger partial charge in [-0.15, -0.1) is 5.10 Å². The molecule has 1 aromatic rings. The van der Waals surface area contributed by atoms with Crippen LogP contribution in [-0.2, 0) is 5.41 Å². The number of rotatable bonds is 4. The summed E-state index contributed by atoms with van der Waals surface area (Å²) in [6, 6.07) is 0. The second-order valence-electron chi connectivity index (χ2n) is 6.13. The van der Waals surface area contributed by atoms with E-state index in [1.54, 1.807) is 0 Å². The Kier molecular flexibility index (Phi) is 4.63. The zero-order valence-electron chi connectivity index (χ0n) is 11.9. The van der Waals surface area contributed by atoms with Crippen LogP contribution in [0.4, 0.5) is 0 Å². The third-order valence-electron chi connectivity index (χ3n) is 2.76. The van der Waals surface area contributed by atoms with Gasteiger partial charge in [0.1, 0.15) is 4.88 Å². The highest BCUT2D eigenvalue weighted by Gasteiger charge is 2.28. The van der Waals surface area contributed by atoms with Crippen LogP contribution in [0.15, 0.2) is 0 Å². The van der Waals surface area contributed by atoms with Gasteiger partial charge >= 0.3 is 0 Å². The zero-order chi connectivity index (χ0) is 14.8. The predicted molar refractivity (Wildman–Crippen MR) is 81.5 cm³/mol. The quantitative estimate of drug-likeness (QED) is 0.830. The second kappa shape index (κ2) is 5.50. The van der Waals surface area contributed by atoms with Gasteiger partial charge in [0.15, 0.2) is 0 Å². The summed E-state index contributed by atoms with van der Waals surface area (Å²) >= 11 is 6.08. The second-order valence-corrected chi connectivity index (χ2v) is 7.33. The van der Waals surface area contributed by atoms with Crippen molar-refractivity contribution in [3.8, 4) is 0 Å². The topological polar surface area (TPSA) is 80.9 Å². The lowest BCUT2D eigenvalue weighted by Gasteiger charge is -2.23. The molecule has 0 aliphatic carbocycles. The lowest BCUT2D eigenvalue weighted by atomic mass is 9.91. The predicted octanol–water partition coefficient (Wildman–Crippen LogP) is 1.88. The van der Waals surface area contributed by atoms with Crippen LogP contribution >= 0.6 is 23.8 Å². The minimum Gasteiger partial charge on any atom is -0.393 e. The van der Waals surface area contributed by atoms with E-state index in [0.717, 1.165) is 11.5 Å². The van der Waals surface area contributed by atoms with E-state index in [4.69, 9.17) is 18.0 Å². The van der Waals surface area contributed by atoms with Crippen LogP contribution < -0.4 is 11.1 Å². The van der Waals surface area contributed by atoms with Gasteiger partial charge in [-0.2, -0.15) is 0 Å². The molecule has 1 aromatic heterocycles. The van der Waals surface area contributed by atoms with E-state index in [1.807, 2.05) is 34.6 Å². The molecule has 0 radical (unpaired) electrons. The monoisotopic (exact) mass is 300 g/mol. The van der Waals surface area contributed by atoms with Crippen molar-refractivity contribution in [2.24, 2.45) is 11.1 Å². The van der Waals surface area contributed by atoms with Crippen LogP contribution in [0.3, 0.4) is 0 Å². The minimum atomic E-state index is -0.412. The normalized spacial score (nSPS) is 12.3. The molecular weight excluding hydrogens is 280 g/mol. The molecule has 0 spiro atoms. The van der Waals surface area contributed by atoms with E-state index in [9.17, 15) is 4.79 Å². The Morgan fingerprint density at radius 1 is 1.37 bits per heavy atom. The van der Waals surface area contributed by atoms with Crippen LogP contribution in [0.1, 0.15) is 50.0 Å². The highest BCUT2D eigenvalue weighted by atomic mass is 32.1. The first kappa shape index (κ1) is 16.0. The smallest absolute Gasteiger partial charge is 0.265 e. The highest BCUT2D eigenvalue weighted by Crippen LogP contribution is 2.25. The number of thiocarbonyl (C=S) groups is 1. The fourth-order valence-corrected chi connectivity index (χ4v) is 2.16. The van der Waals surface area contributed by atoms with Gasteiger partial charge in [0, 0.05) is 17.4 Å². The molecule has 0 fully saturated rings. The fourth-order valence-electron chi connectivity index (χ4n) is 1.30. The van der Waals surface area contributed by atoms with Gasteiger partial charge in [0.05, 0.1) is 10.7 Å². The summed E-state index contributed by atoms with van der Waals surface area (Å²) in [5.41, 5.74) is 5.72. The molecule has 0 bridgehead atoms. The van der Waals surface area contributed by atoms with Crippen molar-refractivity contribution in [2.45, 2.75) is 40.0 Å². The molecule has 106 valence electrons. The molecule has 0 aliphatic heterocycles. The van der Waals surface area contributed by atoms with Crippen molar-refractivity contribution in [1.29, 1.82) is 0 Å². The Labute approximate surface area is 123 Å². The van der Waals surface area contributed by atoms with Gasteiger partial charge in [-0.05, 0) is 11.5 Å². The van der Waals surface area contributed by atoms with Crippen molar-refractivity contribution in [2.75, 3.05) is 6.54 Å². The van der Waals surface area contributed by atoms with E-state index in [2.05, 4.69) is 14.9 Å². The Morgan fingerprint density at radius 2 is 1.95 bits per heavy atom. The van der Waals surface area contributed by atoms with Gasteiger partial charge in [-0.25, -0.2) is 0 Å². The van der Waals surface area contributed by atoms with Gasteiger partial charge < -0.3 is 11.1 Å². The maximum atomic E-state index is 12.2. The lowest BCUT2D eigenvalue weighted by molar-refractivity contribution is 0.0946. The number of nitrogens with one attached hydrogen (secondary N) is 1. The van der Waals surface area contributed by atoms with E-state index in [1.165, 1.54) is 0 Å². The summed E-state index contributed by atoms with van der Waals surface area (Å²) in [6.07, 6.45) is 0. The fraction of sp³-hybridized carbons (Fsp3) is 0.667. The molecule has 0 atom stereocenters. The summed E-state index contributed by atoms with van der Waals surface area (Å²) in [6.45, 7) is 10.2. The molecule has 3 N–H and O–H groups in total. The molecule has 19 heavy (non-hydrogen) atoms. The number of hydrogen-bond donors (Lipinski definition) is 2. The Bertz CT molecular complexity index is 488. The van der Waals surface area contributed by atoms with E-state index < -0.39 is 5.41 Å². The Hall–Kier alpha value is -1.08. The number of amides is 1. The molecule has 1 heterocycles. The van der Waals surface area contributed by atoms with Gasteiger partial charge in [-0.1, -0.05) is 51.3 Å². The molecule has 0 unspecified atom stereocenters. The SMILES string of the molecule is CC(C)(CNC(=O)c1snnc1C(C)(C)C)C(N)=S. The van der Waals surface area contributed by atoms with Crippen LogP contribution in [0.5, 0.6) is 0 Å². The largest absolute Gasteiger partial charge is 0.393 e. The number of nitrogens with zero attached hydrogens (tertiary/aromatic N) is 2. The molecule has 5 nitrogen and oxygen atoms in total. The molecular formula is C12H20N4OS2. The number of aromatic nitrogens is 2. The third-order valence-corrected chi connectivity index (χ3v) is 4.04. The summed E-state index contributed by atoms with van der Waals surface area (Å²) < 4.78 is 3.87. The molecule has 1 rings (SSSR count). The third kappa shape index (κ3) is 3.94. The first-order valence-electron chi connectivity index (χ1n) is 5.96. The van der Waals surface area contributed by atoms with Crippen LogP contribution in [0, 0.1) is 5.41 Å². The first-order valence-corrected chi connectivity index (χ1v) is 7.15. The summed E-state index contributed by atoms with van der Waals surface area (Å²) in [4.78, 5) is 13.1. The molecule has 0 aromatic carbocycles. The van der Waals surface area contributed by atoms with Crippen molar-refractivity contribution in [3.05, 3.63) is 10.6 Å².